The minimum Gasteiger partial charge on any atom is -0.478 e. The second kappa shape index (κ2) is 6.11. The van der Waals surface area contributed by atoms with E-state index in [1.54, 1.807) is 12.1 Å². The zero-order valence-corrected chi connectivity index (χ0v) is 13.8. The topological polar surface area (TPSA) is 52.6 Å². The number of carbonyl (C=O) groups excluding carboxylic acids is 2. The molecule has 0 radical (unpaired) electrons. The van der Waals surface area contributed by atoms with E-state index >= 15 is 0 Å². The first kappa shape index (κ1) is 16.2. The van der Waals surface area contributed by atoms with Gasteiger partial charge >= 0.3 is 5.97 Å². The molecule has 124 valence electrons. The first-order valence-electron chi connectivity index (χ1n) is 7.92. The van der Waals surface area contributed by atoms with Crippen molar-refractivity contribution in [3.8, 4) is 5.75 Å². The van der Waals surface area contributed by atoms with Gasteiger partial charge in [-0.1, -0.05) is 62.4 Å². The summed E-state index contributed by atoms with van der Waals surface area (Å²) in [6, 6.07) is 18.5. The van der Waals surface area contributed by atoms with Crippen LogP contribution in [0.25, 0.3) is 0 Å². The molecule has 0 bridgehead atoms. The van der Waals surface area contributed by atoms with Crippen LogP contribution in [0.5, 0.6) is 5.75 Å². The van der Waals surface area contributed by atoms with Gasteiger partial charge in [0, 0.05) is 5.41 Å². The molecular weight excluding hydrogens is 304 g/mol. The Labute approximate surface area is 141 Å². The van der Waals surface area contributed by atoms with Crippen LogP contribution in [0.2, 0.25) is 0 Å². The maximum Gasteiger partial charge on any atom is 0.314 e. The summed E-state index contributed by atoms with van der Waals surface area (Å²) < 4.78 is 11.3. The maximum atomic E-state index is 12.5. The van der Waals surface area contributed by atoms with Crippen molar-refractivity contribution in [1.82, 2.24) is 0 Å². The van der Waals surface area contributed by atoms with Crippen LogP contribution >= 0.6 is 0 Å². The molecule has 1 aliphatic rings. The SMILES string of the molecule is CC1(C)C(C(=O)OCc2ccccc2)C1(C=O)Oc1ccccc1. The Kier molecular flexibility index (Phi) is 4.14. The monoisotopic (exact) mass is 324 g/mol. The van der Waals surface area contributed by atoms with Crippen LogP contribution < -0.4 is 4.74 Å². The number of aldehydes is 1. The van der Waals surface area contributed by atoms with Gasteiger partial charge in [0.25, 0.3) is 0 Å². The zero-order valence-electron chi connectivity index (χ0n) is 13.8. The van der Waals surface area contributed by atoms with Gasteiger partial charge < -0.3 is 9.47 Å². The summed E-state index contributed by atoms with van der Waals surface area (Å²) in [6.07, 6.45) is 0.731. The molecule has 0 heterocycles. The van der Waals surface area contributed by atoms with Gasteiger partial charge in [-0.05, 0) is 17.7 Å². The van der Waals surface area contributed by atoms with Gasteiger partial charge in [-0.2, -0.15) is 0 Å². The average Bonchev–Trinajstić information content (AvgIpc) is 3.09. The van der Waals surface area contributed by atoms with E-state index in [1.165, 1.54) is 0 Å². The van der Waals surface area contributed by atoms with E-state index in [0.717, 1.165) is 11.8 Å². The fourth-order valence-corrected chi connectivity index (χ4v) is 3.16. The minimum absolute atomic E-state index is 0.187. The van der Waals surface area contributed by atoms with Gasteiger partial charge in [-0.3, -0.25) is 9.59 Å². The number of rotatable bonds is 6. The van der Waals surface area contributed by atoms with E-state index in [-0.39, 0.29) is 6.61 Å². The lowest BCUT2D eigenvalue weighted by atomic mass is 10.1. The predicted molar refractivity (Wildman–Crippen MR) is 89.4 cm³/mol. The molecule has 2 aromatic rings. The molecule has 0 spiro atoms. The fourth-order valence-electron chi connectivity index (χ4n) is 3.16. The summed E-state index contributed by atoms with van der Waals surface area (Å²) in [5.41, 5.74) is -0.884. The number of hydrogen-bond acceptors (Lipinski definition) is 4. The highest BCUT2D eigenvalue weighted by molar-refractivity contribution is 5.90. The number of ether oxygens (including phenoxy) is 2. The third kappa shape index (κ3) is 2.68. The molecule has 1 fully saturated rings. The third-order valence-corrected chi connectivity index (χ3v) is 4.74. The Morgan fingerprint density at radius 2 is 1.62 bits per heavy atom. The van der Waals surface area contributed by atoms with Gasteiger partial charge in [0.15, 0.2) is 11.9 Å². The van der Waals surface area contributed by atoms with Crippen molar-refractivity contribution in [3.63, 3.8) is 0 Å². The first-order chi connectivity index (χ1) is 11.5. The van der Waals surface area contributed by atoms with E-state index in [9.17, 15) is 9.59 Å². The molecule has 1 aliphatic carbocycles. The standard InChI is InChI=1S/C20H20O4/c1-19(2)17(18(22)23-13-15-9-5-3-6-10-15)20(19,14-21)24-16-11-7-4-8-12-16/h3-12,14,17H,13H2,1-2H3. The lowest BCUT2D eigenvalue weighted by Gasteiger charge is -2.16. The van der Waals surface area contributed by atoms with Crippen molar-refractivity contribution in [3.05, 3.63) is 66.2 Å². The van der Waals surface area contributed by atoms with E-state index in [0.29, 0.717) is 5.75 Å². The normalized spacial score (nSPS) is 24.0. The van der Waals surface area contributed by atoms with Crippen LogP contribution in [0.1, 0.15) is 19.4 Å². The summed E-state index contributed by atoms with van der Waals surface area (Å²) in [4.78, 5) is 24.3. The predicted octanol–water partition coefficient (Wildman–Crippen LogP) is 3.40. The van der Waals surface area contributed by atoms with Crippen molar-refractivity contribution in [2.45, 2.75) is 26.1 Å². The Bertz CT molecular complexity index is 724. The Morgan fingerprint density at radius 1 is 1.04 bits per heavy atom. The molecule has 2 atom stereocenters. The fraction of sp³-hybridized carbons (Fsp3) is 0.300. The summed E-state index contributed by atoms with van der Waals surface area (Å²) in [5, 5.41) is 0. The van der Waals surface area contributed by atoms with E-state index in [1.807, 2.05) is 62.4 Å². The van der Waals surface area contributed by atoms with Gasteiger partial charge in [-0.25, -0.2) is 0 Å². The van der Waals surface area contributed by atoms with Gasteiger partial charge in [0.2, 0.25) is 0 Å². The largest absolute Gasteiger partial charge is 0.478 e. The molecule has 0 aromatic heterocycles. The molecule has 0 amide bonds. The zero-order chi connectivity index (χ0) is 17.2. The van der Waals surface area contributed by atoms with Gasteiger partial charge in [0.1, 0.15) is 18.3 Å². The highest BCUT2D eigenvalue weighted by atomic mass is 16.5. The summed E-state index contributed by atoms with van der Waals surface area (Å²) in [5.74, 6) is -0.464. The van der Waals surface area contributed by atoms with Crippen LogP contribution in [-0.2, 0) is 20.9 Å². The Hall–Kier alpha value is -2.62. The number of esters is 1. The van der Waals surface area contributed by atoms with Crippen LogP contribution in [0.15, 0.2) is 60.7 Å². The number of benzene rings is 2. The molecule has 1 saturated carbocycles. The third-order valence-electron chi connectivity index (χ3n) is 4.74. The van der Waals surface area contributed by atoms with Crippen LogP contribution in [0.3, 0.4) is 0 Å². The number of carbonyl (C=O) groups is 2. The van der Waals surface area contributed by atoms with Crippen molar-refractivity contribution < 1.29 is 19.1 Å². The van der Waals surface area contributed by atoms with Crippen LogP contribution in [0.4, 0.5) is 0 Å². The highest BCUT2D eigenvalue weighted by Gasteiger charge is 2.78. The second-order valence-electron chi connectivity index (χ2n) is 6.57. The van der Waals surface area contributed by atoms with Gasteiger partial charge in [0.05, 0.1) is 0 Å². The molecule has 2 aromatic carbocycles. The number of para-hydroxylation sites is 1. The smallest absolute Gasteiger partial charge is 0.314 e. The van der Waals surface area contributed by atoms with Crippen molar-refractivity contribution in [2.75, 3.05) is 0 Å². The Balaban J connectivity index is 1.72. The molecular formula is C20H20O4. The molecule has 0 aliphatic heterocycles. The van der Waals surface area contributed by atoms with E-state index in [2.05, 4.69) is 0 Å². The average molecular weight is 324 g/mol. The van der Waals surface area contributed by atoms with Gasteiger partial charge in [-0.15, -0.1) is 0 Å². The molecule has 3 rings (SSSR count). The second-order valence-corrected chi connectivity index (χ2v) is 6.57. The number of hydrogen-bond donors (Lipinski definition) is 0. The minimum atomic E-state index is -1.18. The van der Waals surface area contributed by atoms with E-state index < -0.39 is 22.9 Å². The maximum absolute atomic E-state index is 12.5. The summed E-state index contributed by atoms with van der Waals surface area (Å²) in [6.45, 7) is 3.88. The molecule has 4 heteroatoms. The summed E-state index contributed by atoms with van der Waals surface area (Å²) in [7, 11) is 0. The van der Waals surface area contributed by atoms with Crippen LogP contribution in [-0.4, -0.2) is 17.9 Å². The van der Waals surface area contributed by atoms with E-state index in [4.69, 9.17) is 9.47 Å². The Morgan fingerprint density at radius 3 is 2.21 bits per heavy atom. The van der Waals surface area contributed by atoms with Crippen LogP contribution in [0, 0.1) is 11.3 Å². The molecule has 0 saturated heterocycles. The highest BCUT2D eigenvalue weighted by Crippen LogP contribution is 2.63. The van der Waals surface area contributed by atoms with Crippen molar-refractivity contribution >= 4 is 12.3 Å². The quantitative estimate of drug-likeness (QED) is 0.603. The van der Waals surface area contributed by atoms with Crippen molar-refractivity contribution in [2.24, 2.45) is 11.3 Å². The molecule has 4 nitrogen and oxygen atoms in total. The molecule has 2 unspecified atom stereocenters. The first-order valence-corrected chi connectivity index (χ1v) is 7.92. The molecule has 24 heavy (non-hydrogen) atoms. The lowest BCUT2D eigenvalue weighted by Crippen LogP contribution is -2.29. The lowest BCUT2D eigenvalue weighted by molar-refractivity contribution is -0.149. The van der Waals surface area contributed by atoms with Crippen molar-refractivity contribution in [1.29, 1.82) is 0 Å². The summed E-state index contributed by atoms with van der Waals surface area (Å²) >= 11 is 0. The molecule has 0 N–H and O–H groups in total.